The number of thioether (sulfide) groups is 1. The van der Waals surface area contributed by atoms with Crippen molar-refractivity contribution >= 4 is 29.1 Å². The summed E-state index contributed by atoms with van der Waals surface area (Å²) in [5.41, 5.74) is -4.74. The predicted molar refractivity (Wildman–Crippen MR) is 101 cm³/mol. The minimum Gasteiger partial charge on any atom is -0.335 e. The van der Waals surface area contributed by atoms with Crippen molar-refractivity contribution in [2.45, 2.75) is 31.8 Å². The van der Waals surface area contributed by atoms with Gasteiger partial charge in [0.15, 0.2) is 11.5 Å². The average molecular weight is 452 g/mol. The number of benzene rings is 1. The topological polar surface area (TPSA) is 87.1 Å². The van der Waals surface area contributed by atoms with E-state index in [-0.39, 0.29) is 31.0 Å². The molecule has 1 aromatic carbocycles. The first-order valence-corrected chi connectivity index (χ1v) is 9.02. The second kappa shape index (κ2) is 8.07. The Hall–Kier alpha value is -2.53. The number of aromatic nitrogens is 2. The number of carbonyl (C=O) groups excluding carboxylic acids is 1. The molecule has 0 aliphatic rings. The third kappa shape index (κ3) is 4.56. The third-order valence-corrected chi connectivity index (χ3v) is 5.54. The first-order valence-electron chi connectivity index (χ1n) is 7.82. The van der Waals surface area contributed by atoms with Crippen molar-refractivity contribution in [3.8, 4) is 5.69 Å². The zero-order valence-electron chi connectivity index (χ0n) is 15.2. The van der Waals surface area contributed by atoms with Crippen LogP contribution in [-0.2, 0) is 11.0 Å². The molecule has 2 aromatic rings. The Morgan fingerprint density at radius 2 is 1.72 bits per heavy atom. The molecule has 0 saturated heterocycles. The van der Waals surface area contributed by atoms with Gasteiger partial charge in [-0.25, -0.2) is 18.4 Å². The molecular weight excluding hydrogens is 438 g/mol. The van der Waals surface area contributed by atoms with Gasteiger partial charge in [-0.05, 0) is 32.9 Å². The molecule has 2 N–H and O–H groups in total. The fourth-order valence-corrected chi connectivity index (χ4v) is 3.56. The number of carbonyl (C=O) groups is 1. The summed E-state index contributed by atoms with van der Waals surface area (Å²) in [6.45, 7) is 4.63. The molecule has 0 fully saturated rings. The molecule has 29 heavy (non-hydrogen) atoms. The van der Waals surface area contributed by atoms with Gasteiger partial charge in [0.2, 0.25) is 0 Å². The molecule has 0 saturated carbocycles. The summed E-state index contributed by atoms with van der Waals surface area (Å²) in [5, 5.41) is -0.121. The summed E-state index contributed by atoms with van der Waals surface area (Å²) in [6.07, 6.45) is -5.06. The number of nitrogens with zero attached hydrogens (tertiary/aromatic N) is 2. The number of nitrogens with two attached hydrogens (primary N) is 1. The Bertz CT molecular complexity index is 1150. The minimum absolute atomic E-state index is 0.0827. The van der Waals surface area contributed by atoms with E-state index in [2.05, 4.69) is 0 Å². The highest BCUT2D eigenvalue weighted by Crippen LogP contribution is 2.36. The number of allylic oxidation sites excluding steroid dienone is 2. The highest BCUT2D eigenvalue weighted by molar-refractivity contribution is 8.04. The molecule has 0 amide bonds. The van der Waals surface area contributed by atoms with Gasteiger partial charge in [-0.2, -0.15) is 13.2 Å². The molecule has 0 unspecified atom stereocenters. The maximum absolute atomic E-state index is 14.5. The quantitative estimate of drug-likeness (QED) is 0.333. The fourth-order valence-electron chi connectivity index (χ4n) is 2.40. The van der Waals surface area contributed by atoms with Gasteiger partial charge in [-0.1, -0.05) is 28.9 Å². The van der Waals surface area contributed by atoms with Crippen LogP contribution in [0.15, 0.2) is 43.2 Å². The smallest absolute Gasteiger partial charge is 0.335 e. The zero-order chi connectivity index (χ0) is 22.3. The van der Waals surface area contributed by atoms with Crippen molar-refractivity contribution in [1.82, 2.24) is 9.24 Å². The summed E-state index contributed by atoms with van der Waals surface area (Å²) in [7, 11) is 0. The Kier molecular flexibility index (Phi) is 6.33. The largest absolute Gasteiger partial charge is 0.433 e. The van der Waals surface area contributed by atoms with Crippen LogP contribution in [0.2, 0.25) is 5.02 Å². The molecule has 1 heterocycles. The molecule has 6 nitrogen and oxygen atoms in total. The van der Waals surface area contributed by atoms with E-state index < -0.39 is 34.6 Å². The van der Waals surface area contributed by atoms with Gasteiger partial charge in [-0.3, -0.25) is 9.59 Å². The van der Waals surface area contributed by atoms with Crippen LogP contribution in [0.25, 0.3) is 5.69 Å². The number of Topliss-reactive ketones (excluding diaryl/α,β-unsaturated/α-hetero) is 1. The van der Waals surface area contributed by atoms with Gasteiger partial charge >= 0.3 is 11.9 Å². The first-order chi connectivity index (χ1) is 13.3. The minimum atomic E-state index is -5.06. The van der Waals surface area contributed by atoms with E-state index in [4.69, 9.17) is 17.4 Å². The zero-order valence-corrected chi connectivity index (χ0v) is 16.8. The van der Waals surface area contributed by atoms with Gasteiger partial charge < -0.3 is 5.84 Å². The Balaban J connectivity index is 2.77. The molecule has 1 aromatic heterocycles. The number of alkyl halides is 3. The molecule has 0 aliphatic heterocycles. The highest BCUT2D eigenvalue weighted by Gasteiger charge is 2.36. The lowest BCUT2D eigenvalue weighted by Gasteiger charge is -2.15. The summed E-state index contributed by atoms with van der Waals surface area (Å²) >= 11 is 6.87. The Morgan fingerprint density at radius 1 is 1.14 bits per heavy atom. The van der Waals surface area contributed by atoms with E-state index in [1.165, 1.54) is 6.92 Å². The van der Waals surface area contributed by atoms with Crippen LogP contribution in [0.4, 0.5) is 17.6 Å². The summed E-state index contributed by atoms with van der Waals surface area (Å²) in [5.74, 6) is 3.74. The third-order valence-electron chi connectivity index (χ3n) is 3.66. The fraction of sp³-hybridized carbons (Fsp3) is 0.235. The molecule has 156 valence electrons. The van der Waals surface area contributed by atoms with Crippen LogP contribution in [0.5, 0.6) is 0 Å². The molecular formula is C17H14ClF4N3O3S. The molecule has 0 radical (unpaired) electrons. The molecule has 0 bridgehead atoms. The molecule has 2 rings (SSSR count). The van der Waals surface area contributed by atoms with Crippen molar-refractivity contribution in [3.63, 3.8) is 0 Å². The second-order valence-electron chi connectivity index (χ2n) is 6.07. The molecule has 0 spiro atoms. The number of ketones is 1. The van der Waals surface area contributed by atoms with Crippen LogP contribution in [0, 0.1) is 5.82 Å². The van der Waals surface area contributed by atoms with E-state index in [1.807, 2.05) is 0 Å². The van der Waals surface area contributed by atoms with E-state index in [1.54, 1.807) is 13.8 Å². The lowest BCUT2D eigenvalue weighted by Crippen LogP contribution is -2.45. The van der Waals surface area contributed by atoms with Crippen molar-refractivity contribution in [3.05, 3.63) is 66.0 Å². The van der Waals surface area contributed by atoms with E-state index in [0.29, 0.717) is 10.5 Å². The SMILES string of the molecule is CC(=O)C(Sc1cc(-n2c(=O)cc(C(F)(F)F)n(N)c2=O)c(F)cc1Cl)=C(C)C. The second-order valence-corrected chi connectivity index (χ2v) is 7.53. The molecule has 12 heteroatoms. The van der Waals surface area contributed by atoms with Crippen LogP contribution < -0.4 is 17.1 Å². The molecule has 0 aliphatic carbocycles. The van der Waals surface area contributed by atoms with Gasteiger partial charge in [0.05, 0.1) is 15.6 Å². The van der Waals surface area contributed by atoms with Crippen LogP contribution in [0.1, 0.15) is 26.5 Å². The van der Waals surface area contributed by atoms with Gasteiger partial charge in [0.25, 0.3) is 5.56 Å². The van der Waals surface area contributed by atoms with Gasteiger partial charge in [-0.15, -0.1) is 0 Å². The number of halogens is 5. The van der Waals surface area contributed by atoms with Crippen molar-refractivity contribution in [1.29, 1.82) is 0 Å². The predicted octanol–water partition coefficient (Wildman–Crippen LogP) is 3.50. The monoisotopic (exact) mass is 451 g/mol. The van der Waals surface area contributed by atoms with Crippen LogP contribution in [0.3, 0.4) is 0 Å². The molecule has 0 atom stereocenters. The van der Waals surface area contributed by atoms with Crippen molar-refractivity contribution < 1.29 is 22.4 Å². The first kappa shape index (κ1) is 22.8. The number of nitrogen functional groups attached to an aromatic ring is 1. The summed E-state index contributed by atoms with van der Waals surface area (Å²) < 4.78 is 53.1. The Labute approximate surface area is 170 Å². The highest BCUT2D eigenvalue weighted by atomic mass is 35.5. The standard InChI is InChI=1S/C17H14ClF4N3O3S/c1-7(2)15(8(3)26)29-12-5-11(10(19)4-9(12)18)24-14(27)6-13(17(20,21)22)25(23)16(24)28/h4-6H,23H2,1-3H3. The maximum Gasteiger partial charge on any atom is 0.433 e. The number of hydrogen-bond acceptors (Lipinski definition) is 5. The summed E-state index contributed by atoms with van der Waals surface area (Å²) in [4.78, 5) is 36.6. The lowest BCUT2D eigenvalue weighted by molar-refractivity contribution is -0.143. The normalized spacial score (nSPS) is 11.4. The van der Waals surface area contributed by atoms with E-state index in [0.717, 1.165) is 23.9 Å². The lowest BCUT2D eigenvalue weighted by atomic mass is 10.2. The van der Waals surface area contributed by atoms with E-state index in [9.17, 15) is 31.9 Å². The average Bonchev–Trinajstić information content (AvgIpc) is 2.57. The Morgan fingerprint density at radius 3 is 2.21 bits per heavy atom. The van der Waals surface area contributed by atoms with Crippen LogP contribution >= 0.6 is 23.4 Å². The van der Waals surface area contributed by atoms with Crippen molar-refractivity contribution in [2.24, 2.45) is 0 Å². The maximum atomic E-state index is 14.5. The number of hydrogen-bond donors (Lipinski definition) is 1. The summed E-state index contributed by atoms with van der Waals surface area (Å²) in [6, 6.07) is 1.86. The number of rotatable bonds is 4. The van der Waals surface area contributed by atoms with E-state index >= 15 is 0 Å². The van der Waals surface area contributed by atoms with Gasteiger partial charge in [0, 0.05) is 11.0 Å². The van der Waals surface area contributed by atoms with Crippen LogP contribution in [-0.4, -0.2) is 15.0 Å². The van der Waals surface area contributed by atoms with Gasteiger partial charge in [0.1, 0.15) is 5.82 Å². The van der Waals surface area contributed by atoms with Crippen molar-refractivity contribution in [2.75, 3.05) is 5.84 Å².